The molecule has 28 heavy (non-hydrogen) atoms. The molecule has 0 aromatic carbocycles. The highest BCUT2D eigenvalue weighted by Crippen LogP contribution is 2.38. The quantitative estimate of drug-likeness (QED) is 0.885. The van der Waals surface area contributed by atoms with E-state index in [0.29, 0.717) is 24.1 Å². The fourth-order valence-corrected chi connectivity index (χ4v) is 3.65. The van der Waals surface area contributed by atoms with Crippen LogP contribution in [0.15, 0.2) is 24.5 Å². The first kappa shape index (κ1) is 18.5. The Kier molecular flexibility index (Phi) is 4.56. The van der Waals surface area contributed by atoms with E-state index < -0.39 is 0 Å². The second-order valence-corrected chi connectivity index (χ2v) is 7.93. The van der Waals surface area contributed by atoms with E-state index in [4.69, 9.17) is 4.98 Å². The molecule has 2 aromatic rings. The Labute approximate surface area is 164 Å². The summed E-state index contributed by atoms with van der Waals surface area (Å²) in [6.45, 7) is 7.71. The van der Waals surface area contributed by atoms with Crippen LogP contribution in [0.25, 0.3) is 11.3 Å². The number of hydrogen-bond donors (Lipinski definition) is 1. The summed E-state index contributed by atoms with van der Waals surface area (Å²) in [6.07, 6.45) is 6.12. The number of fused-ring (bicyclic) bond motifs is 1. The van der Waals surface area contributed by atoms with Gasteiger partial charge in [-0.15, -0.1) is 0 Å². The average Bonchev–Trinajstić information content (AvgIpc) is 3.36. The molecule has 0 saturated heterocycles. The third-order valence-electron chi connectivity index (χ3n) is 5.07. The zero-order valence-electron chi connectivity index (χ0n) is 16.7. The van der Waals surface area contributed by atoms with Gasteiger partial charge in [-0.1, -0.05) is 0 Å². The average molecular weight is 382 g/mol. The van der Waals surface area contributed by atoms with Crippen LogP contribution in [0.5, 0.6) is 0 Å². The van der Waals surface area contributed by atoms with Crippen molar-refractivity contribution in [1.29, 1.82) is 0 Å². The topological polar surface area (TPSA) is 83.4 Å². The molecule has 8 nitrogen and oxygen atoms in total. The molecular weight excluding hydrogens is 356 g/mol. The third-order valence-corrected chi connectivity index (χ3v) is 5.07. The molecule has 1 unspecified atom stereocenters. The van der Waals surface area contributed by atoms with Gasteiger partial charge in [-0.25, -0.2) is 9.78 Å². The first-order chi connectivity index (χ1) is 13.3. The number of urea groups is 1. The summed E-state index contributed by atoms with van der Waals surface area (Å²) in [5.41, 5.74) is 2.31. The summed E-state index contributed by atoms with van der Waals surface area (Å²) in [7, 11) is 0. The molecule has 8 heteroatoms. The SMILES string of the molecule is CC(=O)N1c2ccc(-c3cnn(C4CC4)c3)nc2N(C(=O)NC(C)C)CC1C. The highest BCUT2D eigenvalue weighted by Gasteiger charge is 2.35. The molecule has 2 aromatic heterocycles. The van der Waals surface area contributed by atoms with Crippen molar-refractivity contribution in [3.05, 3.63) is 24.5 Å². The van der Waals surface area contributed by atoms with Crippen molar-refractivity contribution < 1.29 is 9.59 Å². The van der Waals surface area contributed by atoms with Crippen molar-refractivity contribution >= 4 is 23.4 Å². The number of pyridine rings is 1. The number of anilines is 2. The lowest BCUT2D eigenvalue weighted by Gasteiger charge is -2.40. The lowest BCUT2D eigenvalue weighted by Crippen LogP contribution is -2.54. The molecule has 4 rings (SSSR count). The lowest BCUT2D eigenvalue weighted by atomic mass is 10.1. The minimum absolute atomic E-state index is 0.0112. The first-order valence-electron chi connectivity index (χ1n) is 9.78. The molecule has 148 valence electrons. The van der Waals surface area contributed by atoms with Crippen LogP contribution in [0.3, 0.4) is 0 Å². The standard InChI is InChI=1S/C20H26N6O2/c1-12(2)22-20(28)24-10-13(3)26(14(4)27)18-8-7-17(23-19(18)24)15-9-21-25(11-15)16-5-6-16/h7-9,11-13,16H,5-6,10H2,1-4H3,(H,22,28). The van der Waals surface area contributed by atoms with E-state index in [0.717, 1.165) is 24.1 Å². The van der Waals surface area contributed by atoms with Crippen LogP contribution in [0.1, 0.15) is 46.6 Å². The molecular formula is C20H26N6O2. The van der Waals surface area contributed by atoms with Gasteiger partial charge in [0.15, 0.2) is 5.82 Å². The normalized spacial score (nSPS) is 19.0. The maximum atomic E-state index is 12.8. The predicted octanol–water partition coefficient (Wildman–Crippen LogP) is 2.96. The van der Waals surface area contributed by atoms with E-state index in [9.17, 15) is 9.59 Å². The van der Waals surface area contributed by atoms with E-state index in [1.807, 2.05) is 43.8 Å². The second-order valence-electron chi connectivity index (χ2n) is 7.93. The van der Waals surface area contributed by atoms with E-state index in [1.165, 1.54) is 6.92 Å². The summed E-state index contributed by atoms with van der Waals surface area (Å²) in [5.74, 6) is 0.442. The number of rotatable bonds is 3. The minimum Gasteiger partial charge on any atom is -0.335 e. The smallest absolute Gasteiger partial charge is 0.323 e. The first-order valence-corrected chi connectivity index (χ1v) is 9.78. The number of carbonyl (C=O) groups is 2. The maximum absolute atomic E-state index is 12.8. The van der Waals surface area contributed by atoms with Crippen LogP contribution in [-0.2, 0) is 4.79 Å². The van der Waals surface area contributed by atoms with E-state index in [-0.39, 0.29) is 24.0 Å². The van der Waals surface area contributed by atoms with Crippen molar-refractivity contribution in [2.24, 2.45) is 0 Å². The zero-order chi connectivity index (χ0) is 20.0. The summed E-state index contributed by atoms with van der Waals surface area (Å²) in [5, 5.41) is 7.37. The largest absolute Gasteiger partial charge is 0.335 e. The molecule has 1 atom stereocenters. The summed E-state index contributed by atoms with van der Waals surface area (Å²) < 4.78 is 1.98. The highest BCUT2D eigenvalue weighted by atomic mass is 16.2. The van der Waals surface area contributed by atoms with Gasteiger partial charge in [0.2, 0.25) is 5.91 Å². The number of nitrogens with one attached hydrogen (secondary N) is 1. The fraction of sp³-hybridized carbons (Fsp3) is 0.500. The highest BCUT2D eigenvalue weighted by molar-refractivity contribution is 6.02. The van der Waals surface area contributed by atoms with Crippen LogP contribution in [0.4, 0.5) is 16.3 Å². The van der Waals surface area contributed by atoms with Crippen LogP contribution in [0, 0.1) is 0 Å². The summed E-state index contributed by atoms with van der Waals surface area (Å²) >= 11 is 0. The predicted molar refractivity (Wildman–Crippen MR) is 107 cm³/mol. The van der Waals surface area contributed by atoms with Gasteiger partial charge >= 0.3 is 6.03 Å². The molecule has 1 fully saturated rings. The van der Waals surface area contributed by atoms with E-state index in [1.54, 1.807) is 16.0 Å². The van der Waals surface area contributed by atoms with Gasteiger partial charge in [0, 0.05) is 31.3 Å². The Morgan fingerprint density at radius 2 is 2.00 bits per heavy atom. The van der Waals surface area contributed by atoms with Crippen LogP contribution < -0.4 is 15.1 Å². The third kappa shape index (κ3) is 3.34. The van der Waals surface area contributed by atoms with Gasteiger partial charge in [-0.05, 0) is 45.7 Å². The zero-order valence-corrected chi connectivity index (χ0v) is 16.7. The number of amides is 3. The fourth-order valence-electron chi connectivity index (χ4n) is 3.65. The lowest BCUT2D eigenvalue weighted by molar-refractivity contribution is -0.117. The van der Waals surface area contributed by atoms with Gasteiger partial charge in [0.05, 0.1) is 29.7 Å². The van der Waals surface area contributed by atoms with E-state index in [2.05, 4.69) is 10.4 Å². The van der Waals surface area contributed by atoms with Crippen LogP contribution >= 0.6 is 0 Å². The second kappa shape index (κ2) is 6.92. The molecule has 1 aliphatic heterocycles. The summed E-state index contributed by atoms with van der Waals surface area (Å²) in [4.78, 5) is 33.1. The molecule has 2 aliphatic rings. The molecule has 1 saturated carbocycles. The minimum atomic E-state index is -0.204. The maximum Gasteiger partial charge on any atom is 0.323 e. The number of hydrogen-bond acceptors (Lipinski definition) is 4. The molecule has 1 N–H and O–H groups in total. The number of aromatic nitrogens is 3. The molecule has 1 aliphatic carbocycles. The van der Waals surface area contributed by atoms with Gasteiger partial charge in [-0.2, -0.15) is 5.10 Å². The van der Waals surface area contributed by atoms with Gasteiger partial charge in [-0.3, -0.25) is 14.4 Å². The molecule has 0 radical (unpaired) electrons. The van der Waals surface area contributed by atoms with Crippen LogP contribution in [-0.4, -0.2) is 45.3 Å². The van der Waals surface area contributed by atoms with Crippen molar-refractivity contribution in [3.8, 4) is 11.3 Å². The Morgan fingerprint density at radius 3 is 2.64 bits per heavy atom. The summed E-state index contributed by atoms with van der Waals surface area (Å²) in [6, 6.07) is 3.93. The molecule has 3 heterocycles. The van der Waals surface area contributed by atoms with Crippen LogP contribution in [0.2, 0.25) is 0 Å². The Morgan fingerprint density at radius 1 is 1.25 bits per heavy atom. The van der Waals surface area contributed by atoms with Gasteiger partial charge in [0.25, 0.3) is 0 Å². The van der Waals surface area contributed by atoms with Crippen molar-refractivity contribution in [1.82, 2.24) is 20.1 Å². The number of carbonyl (C=O) groups excluding carboxylic acids is 2. The Bertz CT molecular complexity index is 917. The van der Waals surface area contributed by atoms with Crippen molar-refractivity contribution in [2.45, 2.75) is 58.7 Å². The Hall–Kier alpha value is -2.90. The molecule has 0 spiro atoms. The van der Waals surface area contributed by atoms with Gasteiger partial charge < -0.3 is 10.2 Å². The number of nitrogens with zero attached hydrogens (tertiary/aromatic N) is 5. The van der Waals surface area contributed by atoms with Crippen molar-refractivity contribution in [2.75, 3.05) is 16.3 Å². The monoisotopic (exact) mass is 382 g/mol. The molecule has 3 amide bonds. The Balaban J connectivity index is 1.75. The van der Waals surface area contributed by atoms with Gasteiger partial charge in [0.1, 0.15) is 0 Å². The van der Waals surface area contributed by atoms with Crippen molar-refractivity contribution in [3.63, 3.8) is 0 Å². The van der Waals surface area contributed by atoms with E-state index >= 15 is 0 Å². The molecule has 0 bridgehead atoms.